The van der Waals surface area contributed by atoms with Gasteiger partial charge in [-0.3, -0.25) is 0 Å². The molecule has 0 radical (unpaired) electrons. The molecule has 2 aliphatic rings. The van der Waals surface area contributed by atoms with E-state index >= 15 is 0 Å². The van der Waals surface area contributed by atoms with Gasteiger partial charge in [-0.15, -0.1) is 16.2 Å². The summed E-state index contributed by atoms with van der Waals surface area (Å²) in [6.45, 7) is 5.01. The van der Waals surface area contributed by atoms with Crippen LogP contribution in [0.2, 0.25) is 0 Å². The van der Waals surface area contributed by atoms with Crippen LogP contribution in [0, 0.1) is 6.92 Å². The van der Waals surface area contributed by atoms with Crippen LogP contribution in [0.5, 0.6) is 0 Å². The van der Waals surface area contributed by atoms with Crippen LogP contribution in [-0.4, -0.2) is 45.8 Å². The van der Waals surface area contributed by atoms with Gasteiger partial charge in [-0.25, -0.2) is 13.4 Å². The summed E-state index contributed by atoms with van der Waals surface area (Å²) in [6, 6.07) is 2.38. The number of hydrogen-bond acceptors (Lipinski definition) is 6. The molecule has 0 aromatic carbocycles. The molecule has 0 bridgehead atoms. The van der Waals surface area contributed by atoms with Crippen molar-refractivity contribution in [1.82, 2.24) is 15.2 Å². The molecule has 1 aromatic heterocycles. The van der Waals surface area contributed by atoms with Crippen LogP contribution in [0.15, 0.2) is 10.3 Å². The highest BCUT2D eigenvalue weighted by Gasteiger charge is 2.24. The normalized spacial score (nSPS) is 20.8. The number of rotatable bonds is 6. The lowest BCUT2D eigenvalue weighted by Gasteiger charge is -2.26. The maximum atomic E-state index is 12.4. The van der Waals surface area contributed by atoms with Gasteiger partial charge in [0, 0.05) is 30.6 Å². The van der Waals surface area contributed by atoms with Crippen LogP contribution in [0.3, 0.4) is 0 Å². The van der Waals surface area contributed by atoms with Crippen molar-refractivity contribution in [2.75, 3.05) is 26.3 Å². The molecule has 0 unspecified atom stereocenters. The first-order valence-corrected chi connectivity index (χ1v) is 9.52. The molecule has 1 saturated carbocycles. The Kier molecular flexibility index (Phi) is 4.63. The first-order valence-electron chi connectivity index (χ1n) is 7.22. The molecule has 2 fully saturated rings. The number of sulfonamides is 1. The number of hydrogen-bond donors (Lipinski definition) is 2. The number of aryl methyl sites for hydroxylation is 1. The van der Waals surface area contributed by atoms with Gasteiger partial charge in [0.2, 0.25) is 0 Å². The Balaban J connectivity index is 1.67. The topological polar surface area (TPSA) is 70.7 Å². The van der Waals surface area contributed by atoms with Crippen LogP contribution >= 0.6 is 11.3 Å². The summed E-state index contributed by atoms with van der Waals surface area (Å²) in [4.78, 5) is 3.75. The molecule has 118 valence electrons. The lowest BCUT2D eigenvalue weighted by atomic mass is 10.3. The lowest BCUT2D eigenvalue weighted by Crippen LogP contribution is -2.48. The molecule has 6 nitrogen and oxygen atoms in total. The molecule has 3 rings (SSSR count). The maximum Gasteiger partial charge on any atom is 0.262 e. The molecule has 0 atom stereocenters. The molecule has 8 heteroatoms. The first-order chi connectivity index (χ1) is 10.0. The predicted octanol–water partition coefficient (Wildman–Crippen LogP) is 0.834. The van der Waals surface area contributed by atoms with Crippen molar-refractivity contribution < 1.29 is 13.2 Å². The molecular formula is C13H21N3O3S2. The second-order valence-corrected chi connectivity index (χ2v) is 8.55. The van der Waals surface area contributed by atoms with Gasteiger partial charge < -0.3 is 10.1 Å². The third-order valence-corrected chi connectivity index (χ3v) is 6.74. The zero-order valence-electron chi connectivity index (χ0n) is 12.1. The minimum atomic E-state index is -3.47. The fourth-order valence-electron chi connectivity index (χ4n) is 2.19. The molecule has 1 saturated heterocycles. The van der Waals surface area contributed by atoms with E-state index in [-0.39, 0.29) is 0 Å². The van der Waals surface area contributed by atoms with Crippen LogP contribution in [-0.2, 0) is 21.3 Å². The van der Waals surface area contributed by atoms with E-state index in [0.717, 1.165) is 17.0 Å². The smallest absolute Gasteiger partial charge is 0.262 e. The van der Waals surface area contributed by atoms with Gasteiger partial charge in [-0.05, 0) is 31.4 Å². The zero-order chi connectivity index (χ0) is 14.9. The Morgan fingerprint density at radius 3 is 2.76 bits per heavy atom. The van der Waals surface area contributed by atoms with Crippen molar-refractivity contribution >= 4 is 21.4 Å². The standard InChI is InChI=1S/C13H21N3O3S2/c1-10-8-13(20-12(10)9-14-11-2-3-11)21(17,18)15-16-4-6-19-7-5-16/h8,11,14-15H,2-7,9H2,1H3. The average molecular weight is 331 g/mol. The highest BCUT2D eigenvalue weighted by Crippen LogP contribution is 2.27. The Bertz CT molecular complexity index is 590. The summed E-state index contributed by atoms with van der Waals surface area (Å²) >= 11 is 1.35. The summed E-state index contributed by atoms with van der Waals surface area (Å²) in [6.07, 6.45) is 2.46. The second-order valence-electron chi connectivity index (χ2n) is 5.52. The highest BCUT2D eigenvalue weighted by atomic mass is 32.2. The van der Waals surface area contributed by atoms with E-state index in [4.69, 9.17) is 4.74 Å². The van der Waals surface area contributed by atoms with Gasteiger partial charge in [-0.1, -0.05) is 0 Å². The van der Waals surface area contributed by atoms with E-state index in [1.54, 1.807) is 11.1 Å². The third-order valence-electron chi connectivity index (χ3n) is 3.65. The van der Waals surface area contributed by atoms with E-state index < -0.39 is 10.0 Å². The molecule has 0 spiro atoms. The van der Waals surface area contributed by atoms with Gasteiger partial charge in [0.15, 0.2) is 0 Å². The first kappa shape index (κ1) is 15.4. The summed E-state index contributed by atoms with van der Waals surface area (Å²) in [7, 11) is -3.47. The highest BCUT2D eigenvalue weighted by molar-refractivity contribution is 7.91. The average Bonchev–Trinajstić information content (AvgIpc) is 3.20. The Labute approximate surface area is 129 Å². The fraction of sp³-hybridized carbons (Fsp3) is 0.692. The van der Waals surface area contributed by atoms with Gasteiger partial charge in [0.1, 0.15) is 4.21 Å². The Morgan fingerprint density at radius 2 is 2.10 bits per heavy atom. The fourth-order valence-corrected chi connectivity index (χ4v) is 4.84. The van der Waals surface area contributed by atoms with E-state index in [1.165, 1.54) is 24.2 Å². The van der Waals surface area contributed by atoms with Crippen molar-refractivity contribution in [3.05, 3.63) is 16.5 Å². The van der Waals surface area contributed by atoms with E-state index in [2.05, 4.69) is 10.1 Å². The Hall–Kier alpha value is -0.510. The lowest BCUT2D eigenvalue weighted by molar-refractivity contribution is 0.0272. The Morgan fingerprint density at radius 1 is 1.38 bits per heavy atom. The summed E-state index contributed by atoms with van der Waals surface area (Å²) in [5.41, 5.74) is 1.04. The van der Waals surface area contributed by atoms with E-state index in [9.17, 15) is 8.42 Å². The van der Waals surface area contributed by atoms with E-state index in [0.29, 0.717) is 36.6 Å². The van der Waals surface area contributed by atoms with Crippen molar-refractivity contribution in [3.63, 3.8) is 0 Å². The van der Waals surface area contributed by atoms with Crippen LogP contribution in [0.1, 0.15) is 23.3 Å². The molecule has 21 heavy (non-hydrogen) atoms. The van der Waals surface area contributed by atoms with Gasteiger partial charge in [-0.2, -0.15) is 0 Å². The number of morpholine rings is 1. The van der Waals surface area contributed by atoms with Crippen molar-refractivity contribution in [2.24, 2.45) is 0 Å². The third kappa shape index (κ3) is 4.02. The van der Waals surface area contributed by atoms with Crippen LogP contribution < -0.4 is 10.1 Å². The SMILES string of the molecule is Cc1cc(S(=O)(=O)NN2CCOCC2)sc1CNC1CC1. The van der Waals surface area contributed by atoms with E-state index in [1.807, 2.05) is 6.92 Å². The van der Waals surface area contributed by atoms with Crippen molar-refractivity contribution in [1.29, 1.82) is 0 Å². The minimum absolute atomic E-state index is 0.388. The zero-order valence-corrected chi connectivity index (χ0v) is 13.7. The number of nitrogens with zero attached hydrogens (tertiary/aromatic N) is 1. The van der Waals surface area contributed by atoms with Crippen molar-refractivity contribution in [3.8, 4) is 0 Å². The second kappa shape index (κ2) is 6.31. The number of thiophene rings is 1. The molecule has 1 aliphatic carbocycles. The van der Waals surface area contributed by atoms with Crippen molar-refractivity contribution in [2.45, 2.75) is 36.6 Å². The molecule has 1 aromatic rings. The van der Waals surface area contributed by atoms with Gasteiger partial charge >= 0.3 is 0 Å². The molecule has 0 amide bonds. The molecule has 2 heterocycles. The molecule has 1 aliphatic heterocycles. The van der Waals surface area contributed by atoms with Crippen LogP contribution in [0.4, 0.5) is 0 Å². The van der Waals surface area contributed by atoms with Gasteiger partial charge in [0.05, 0.1) is 13.2 Å². The summed E-state index contributed by atoms with van der Waals surface area (Å²) in [5, 5.41) is 5.13. The number of hydrazine groups is 1. The quantitative estimate of drug-likeness (QED) is 0.808. The van der Waals surface area contributed by atoms with Gasteiger partial charge in [0.25, 0.3) is 10.0 Å². The summed E-state index contributed by atoms with van der Waals surface area (Å²) in [5.74, 6) is 0. The monoisotopic (exact) mass is 331 g/mol. The minimum Gasteiger partial charge on any atom is -0.379 e. The van der Waals surface area contributed by atoms with Crippen LogP contribution in [0.25, 0.3) is 0 Å². The number of nitrogens with one attached hydrogen (secondary N) is 2. The molecule has 2 N–H and O–H groups in total. The number of ether oxygens (including phenoxy) is 1. The molecular weight excluding hydrogens is 310 g/mol. The maximum absolute atomic E-state index is 12.4. The summed E-state index contributed by atoms with van der Waals surface area (Å²) < 4.78 is 30.4. The predicted molar refractivity (Wildman–Crippen MR) is 81.6 cm³/mol. The largest absolute Gasteiger partial charge is 0.379 e.